The maximum absolute atomic E-state index is 5.99. The van der Waals surface area contributed by atoms with E-state index in [4.69, 9.17) is 5.73 Å². The molecule has 2 N–H and O–H groups in total. The molecule has 0 fully saturated rings. The van der Waals surface area contributed by atoms with Crippen LogP contribution in [0.5, 0.6) is 0 Å². The fourth-order valence-corrected chi connectivity index (χ4v) is 3.36. The molecular formula is C14H18BrN3S. The summed E-state index contributed by atoms with van der Waals surface area (Å²) in [6, 6.07) is 8.14. The maximum Gasteiger partial charge on any atom is 0.0625 e. The third-order valence-corrected chi connectivity index (χ3v) is 4.52. The summed E-state index contributed by atoms with van der Waals surface area (Å²) in [5, 5.41) is 4.56. The van der Waals surface area contributed by atoms with Crippen molar-refractivity contribution >= 4 is 33.4 Å². The molecule has 0 unspecified atom stereocenters. The zero-order chi connectivity index (χ0) is 13.8. The highest BCUT2D eigenvalue weighted by atomic mass is 79.9. The Bertz CT molecular complexity index is 566. The second-order valence-corrected chi connectivity index (χ2v) is 6.20. The number of aryl methyl sites for hydroxylation is 2. The van der Waals surface area contributed by atoms with Gasteiger partial charge in [-0.05, 0) is 37.6 Å². The standard InChI is InChI=1S/C14H18BrN3S/c1-3-11-8-12(18(4-2)17-11)9-19-14-7-10(15)5-6-13(14)16/h5-8H,3-4,9,16H2,1-2H3. The van der Waals surface area contributed by atoms with E-state index < -0.39 is 0 Å². The van der Waals surface area contributed by atoms with Gasteiger partial charge in [-0.1, -0.05) is 22.9 Å². The number of nitrogen functional groups attached to an aromatic ring is 1. The number of nitrogens with zero attached hydrogens (tertiary/aromatic N) is 2. The first-order valence-corrected chi connectivity index (χ1v) is 8.15. The Morgan fingerprint density at radius 1 is 1.32 bits per heavy atom. The molecule has 0 saturated heterocycles. The zero-order valence-corrected chi connectivity index (χ0v) is 13.6. The average molecular weight is 340 g/mol. The molecule has 19 heavy (non-hydrogen) atoms. The first kappa shape index (κ1) is 14.5. The van der Waals surface area contributed by atoms with Crippen LogP contribution in [-0.4, -0.2) is 9.78 Å². The van der Waals surface area contributed by atoms with Gasteiger partial charge in [0.25, 0.3) is 0 Å². The topological polar surface area (TPSA) is 43.8 Å². The van der Waals surface area contributed by atoms with E-state index in [2.05, 4.69) is 51.7 Å². The monoisotopic (exact) mass is 339 g/mol. The summed E-state index contributed by atoms with van der Waals surface area (Å²) in [6.45, 7) is 5.16. The second-order valence-electron chi connectivity index (χ2n) is 4.27. The molecule has 0 spiro atoms. The summed E-state index contributed by atoms with van der Waals surface area (Å²) >= 11 is 5.23. The summed E-state index contributed by atoms with van der Waals surface area (Å²) in [4.78, 5) is 1.11. The van der Waals surface area contributed by atoms with E-state index in [0.29, 0.717) is 0 Å². The number of hydrogen-bond acceptors (Lipinski definition) is 3. The molecule has 0 aliphatic carbocycles. The van der Waals surface area contributed by atoms with Crippen molar-refractivity contribution in [3.05, 3.63) is 40.1 Å². The SMILES string of the molecule is CCc1cc(CSc2cc(Br)ccc2N)n(CC)n1. The molecule has 1 heterocycles. The van der Waals surface area contributed by atoms with E-state index in [1.165, 1.54) is 5.69 Å². The number of benzene rings is 1. The largest absolute Gasteiger partial charge is 0.398 e. The van der Waals surface area contributed by atoms with E-state index in [-0.39, 0.29) is 0 Å². The molecule has 0 saturated carbocycles. The number of thioether (sulfide) groups is 1. The van der Waals surface area contributed by atoms with Crippen LogP contribution >= 0.6 is 27.7 Å². The van der Waals surface area contributed by atoms with Crippen LogP contribution in [0.25, 0.3) is 0 Å². The molecule has 1 aromatic heterocycles. The van der Waals surface area contributed by atoms with Gasteiger partial charge in [-0.2, -0.15) is 5.10 Å². The summed E-state index contributed by atoms with van der Waals surface area (Å²) in [5.41, 5.74) is 9.22. The Morgan fingerprint density at radius 3 is 2.79 bits per heavy atom. The van der Waals surface area contributed by atoms with Crippen molar-refractivity contribution in [3.63, 3.8) is 0 Å². The van der Waals surface area contributed by atoms with Crippen LogP contribution in [0.1, 0.15) is 25.2 Å². The van der Waals surface area contributed by atoms with Gasteiger partial charge >= 0.3 is 0 Å². The summed E-state index contributed by atoms with van der Waals surface area (Å²) in [7, 11) is 0. The van der Waals surface area contributed by atoms with E-state index in [1.54, 1.807) is 11.8 Å². The Hall–Kier alpha value is -0.940. The van der Waals surface area contributed by atoms with Crippen LogP contribution in [0, 0.1) is 0 Å². The molecule has 2 rings (SSSR count). The number of anilines is 1. The molecule has 102 valence electrons. The van der Waals surface area contributed by atoms with Crippen LogP contribution in [0.15, 0.2) is 33.6 Å². The molecular weight excluding hydrogens is 322 g/mol. The Labute approximate surface area is 126 Å². The molecule has 0 bridgehead atoms. The van der Waals surface area contributed by atoms with Gasteiger partial charge in [0.05, 0.1) is 5.69 Å². The van der Waals surface area contributed by atoms with Crippen molar-refractivity contribution in [2.24, 2.45) is 0 Å². The first-order chi connectivity index (χ1) is 9.13. The predicted molar refractivity (Wildman–Crippen MR) is 85.4 cm³/mol. The minimum atomic E-state index is 0.825. The fourth-order valence-electron chi connectivity index (χ4n) is 1.86. The van der Waals surface area contributed by atoms with E-state index in [1.807, 2.05) is 12.1 Å². The lowest BCUT2D eigenvalue weighted by Gasteiger charge is -2.07. The molecule has 0 amide bonds. The number of aromatic nitrogens is 2. The quantitative estimate of drug-likeness (QED) is 0.658. The molecule has 0 radical (unpaired) electrons. The predicted octanol–water partition coefficient (Wildman–Crippen LogP) is 4.10. The van der Waals surface area contributed by atoms with Gasteiger partial charge in [-0.15, -0.1) is 11.8 Å². The molecule has 3 nitrogen and oxygen atoms in total. The third-order valence-electron chi connectivity index (χ3n) is 2.93. The van der Waals surface area contributed by atoms with Crippen molar-refractivity contribution < 1.29 is 0 Å². The lowest BCUT2D eigenvalue weighted by atomic mass is 10.3. The Morgan fingerprint density at radius 2 is 2.11 bits per heavy atom. The van der Waals surface area contributed by atoms with Crippen molar-refractivity contribution in [2.75, 3.05) is 5.73 Å². The summed E-state index contributed by atoms with van der Waals surface area (Å²) < 4.78 is 3.13. The van der Waals surface area contributed by atoms with Gasteiger partial charge in [0.1, 0.15) is 0 Å². The minimum Gasteiger partial charge on any atom is -0.398 e. The van der Waals surface area contributed by atoms with Crippen molar-refractivity contribution in [2.45, 2.75) is 37.5 Å². The van der Waals surface area contributed by atoms with Crippen molar-refractivity contribution in [1.82, 2.24) is 9.78 Å². The van der Waals surface area contributed by atoms with Gasteiger partial charge in [0.15, 0.2) is 0 Å². The third kappa shape index (κ3) is 3.54. The maximum atomic E-state index is 5.99. The highest BCUT2D eigenvalue weighted by Gasteiger charge is 2.08. The van der Waals surface area contributed by atoms with Crippen molar-refractivity contribution in [3.8, 4) is 0 Å². The first-order valence-electron chi connectivity index (χ1n) is 6.37. The average Bonchev–Trinajstić information content (AvgIpc) is 2.82. The van der Waals surface area contributed by atoms with Gasteiger partial charge in [-0.3, -0.25) is 4.68 Å². The normalized spacial score (nSPS) is 10.9. The Kier molecular flexibility index (Phi) is 4.93. The van der Waals surface area contributed by atoms with E-state index >= 15 is 0 Å². The van der Waals surface area contributed by atoms with Gasteiger partial charge in [0.2, 0.25) is 0 Å². The molecule has 1 aromatic carbocycles. The number of nitrogens with two attached hydrogens (primary N) is 1. The highest BCUT2D eigenvalue weighted by Crippen LogP contribution is 2.30. The van der Waals surface area contributed by atoms with Crippen LogP contribution in [-0.2, 0) is 18.7 Å². The highest BCUT2D eigenvalue weighted by molar-refractivity contribution is 9.10. The zero-order valence-electron chi connectivity index (χ0n) is 11.2. The van der Waals surface area contributed by atoms with Crippen LogP contribution in [0.3, 0.4) is 0 Å². The van der Waals surface area contributed by atoms with Crippen LogP contribution in [0.2, 0.25) is 0 Å². The van der Waals surface area contributed by atoms with Crippen LogP contribution < -0.4 is 5.73 Å². The molecule has 2 aromatic rings. The summed E-state index contributed by atoms with van der Waals surface area (Å²) in [5.74, 6) is 0.890. The summed E-state index contributed by atoms with van der Waals surface area (Å²) in [6.07, 6.45) is 0.976. The van der Waals surface area contributed by atoms with Crippen LogP contribution in [0.4, 0.5) is 5.69 Å². The lowest BCUT2D eigenvalue weighted by molar-refractivity contribution is 0.628. The molecule has 0 aliphatic heterocycles. The fraction of sp³-hybridized carbons (Fsp3) is 0.357. The molecule has 0 aliphatic rings. The lowest BCUT2D eigenvalue weighted by Crippen LogP contribution is -2.01. The molecule has 0 atom stereocenters. The number of hydrogen-bond donors (Lipinski definition) is 1. The van der Waals surface area contributed by atoms with Crippen molar-refractivity contribution in [1.29, 1.82) is 0 Å². The van der Waals surface area contributed by atoms with Gasteiger partial charge in [0, 0.05) is 33.0 Å². The minimum absolute atomic E-state index is 0.825. The second kappa shape index (κ2) is 6.48. The van der Waals surface area contributed by atoms with Gasteiger partial charge < -0.3 is 5.73 Å². The number of halogens is 1. The smallest absolute Gasteiger partial charge is 0.0625 e. The van der Waals surface area contributed by atoms with Gasteiger partial charge in [-0.25, -0.2) is 0 Å². The van der Waals surface area contributed by atoms with E-state index in [0.717, 1.165) is 39.5 Å². The molecule has 5 heteroatoms. The number of rotatable bonds is 5. The Balaban J connectivity index is 2.13. The van der Waals surface area contributed by atoms with E-state index in [9.17, 15) is 0 Å².